The lowest BCUT2D eigenvalue weighted by molar-refractivity contribution is -0.117. The molecule has 0 atom stereocenters. The summed E-state index contributed by atoms with van der Waals surface area (Å²) in [7, 11) is 0. The van der Waals surface area contributed by atoms with Gasteiger partial charge in [0, 0.05) is 11.6 Å². The van der Waals surface area contributed by atoms with Crippen LogP contribution in [0, 0.1) is 19.8 Å². The minimum atomic E-state index is -0.157. The second-order valence-electron chi connectivity index (χ2n) is 6.26. The second kappa shape index (κ2) is 6.24. The van der Waals surface area contributed by atoms with Gasteiger partial charge in [-0.15, -0.1) is 22.7 Å². The molecule has 0 bridgehead atoms. The van der Waals surface area contributed by atoms with Gasteiger partial charge in [-0.3, -0.25) is 9.59 Å². The summed E-state index contributed by atoms with van der Waals surface area (Å²) in [5.74, 6) is 0.0449. The number of thiazole rings is 1. The monoisotopic (exact) mass is 371 g/mol. The third-order valence-corrected chi connectivity index (χ3v) is 6.16. The number of hydrogen-bond acceptors (Lipinski definition) is 5. The van der Waals surface area contributed by atoms with Gasteiger partial charge >= 0.3 is 0 Å². The topological polar surface area (TPSA) is 71.1 Å². The Kier molecular flexibility index (Phi) is 4.05. The van der Waals surface area contributed by atoms with Crippen molar-refractivity contribution < 1.29 is 9.59 Å². The molecule has 2 amide bonds. The molecule has 1 fully saturated rings. The minimum Gasteiger partial charge on any atom is -0.321 e. The molecular formula is C18H17N3O2S2. The maximum atomic E-state index is 12.6. The smallest absolute Gasteiger partial charge is 0.266 e. The summed E-state index contributed by atoms with van der Waals surface area (Å²) in [6.07, 6.45) is 1.92. The summed E-state index contributed by atoms with van der Waals surface area (Å²) < 4.78 is 1.05. The quantitative estimate of drug-likeness (QED) is 0.705. The molecule has 4 rings (SSSR count). The van der Waals surface area contributed by atoms with Crippen molar-refractivity contribution in [3.8, 4) is 0 Å². The van der Waals surface area contributed by atoms with Crippen LogP contribution in [0.3, 0.4) is 0 Å². The molecule has 2 N–H and O–H groups in total. The first-order valence-electron chi connectivity index (χ1n) is 8.09. The molecular weight excluding hydrogens is 354 g/mol. The van der Waals surface area contributed by atoms with Crippen molar-refractivity contribution in [2.45, 2.75) is 26.7 Å². The van der Waals surface area contributed by atoms with E-state index in [2.05, 4.69) is 15.6 Å². The van der Waals surface area contributed by atoms with Gasteiger partial charge < -0.3 is 10.6 Å². The molecule has 0 radical (unpaired) electrons. The van der Waals surface area contributed by atoms with Crippen LogP contribution in [0.15, 0.2) is 24.3 Å². The Morgan fingerprint density at radius 3 is 2.68 bits per heavy atom. The van der Waals surface area contributed by atoms with Crippen molar-refractivity contribution in [1.82, 2.24) is 4.98 Å². The van der Waals surface area contributed by atoms with Gasteiger partial charge in [-0.2, -0.15) is 0 Å². The van der Waals surface area contributed by atoms with E-state index in [1.54, 1.807) is 11.3 Å². The highest BCUT2D eigenvalue weighted by atomic mass is 32.1. The average molecular weight is 371 g/mol. The number of thiophene rings is 1. The number of amides is 2. The summed E-state index contributed by atoms with van der Waals surface area (Å²) >= 11 is 2.92. The second-order valence-corrected chi connectivity index (χ2v) is 8.54. The van der Waals surface area contributed by atoms with Crippen LogP contribution < -0.4 is 10.6 Å². The Morgan fingerprint density at radius 2 is 1.92 bits per heavy atom. The van der Waals surface area contributed by atoms with E-state index in [0.29, 0.717) is 4.88 Å². The molecule has 1 aliphatic carbocycles. The molecule has 0 aliphatic heterocycles. The molecule has 1 saturated carbocycles. The van der Waals surface area contributed by atoms with Crippen molar-refractivity contribution in [2.75, 3.05) is 10.6 Å². The molecule has 2 heterocycles. The SMILES string of the molecule is Cc1nc2ccc(NC(=O)c3sc(NC(=O)C4CC4)cc3C)cc2s1. The molecule has 5 nitrogen and oxygen atoms in total. The standard InChI is InChI=1S/C18H17N3O2S2/c1-9-7-15(21-17(22)11-3-4-11)25-16(9)18(23)20-12-5-6-13-14(8-12)24-10(2)19-13/h5-8,11H,3-4H2,1-2H3,(H,20,23)(H,21,22). The van der Waals surface area contributed by atoms with Gasteiger partial charge in [0.05, 0.1) is 25.1 Å². The first-order chi connectivity index (χ1) is 12.0. The van der Waals surface area contributed by atoms with Gasteiger partial charge in [-0.25, -0.2) is 4.98 Å². The number of carbonyl (C=O) groups excluding carboxylic acids is 2. The Bertz CT molecular complexity index is 986. The van der Waals surface area contributed by atoms with E-state index in [0.717, 1.165) is 44.3 Å². The number of aromatic nitrogens is 1. The summed E-state index contributed by atoms with van der Waals surface area (Å²) in [6, 6.07) is 7.57. The molecule has 128 valence electrons. The molecule has 25 heavy (non-hydrogen) atoms. The Hall–Kier alpha value is -2.25. The third-order valence-electron chi connectivity index (χ3n) is 4.07. The van der Waals surface area contributed by atoms with Crippen LogP contribution >= 0.6 is 22.7 Å². The Morgan fingerprint density at radius 1 is 1.12 bits per heavy atom. The van der Waals surface area contributed by atoms with Gasteiger partial charge in [-0.1, -0.05) is 0 Å². The van der Waals surface area contributed by atoms with Gasteiger partial charge in [-0.05, 0) is 56.5 Å². The average Bonchev–Trinajstić information content (AvgIpc) is 3.25. The van der Waals surface area contributed by atoms with Crippen molar-refractivity contribution in [2.24, 2.45) is 5.92 Å². The van der Waals surface area contributed by atoms with Crippen molar-refractivity contribution >= 4 is 55.4 Å². The maximum Gasteiger partial charge on any atom is 0.266 e. The van der Waals surface area contributed by atoms with Crippen LogP contribution in [0.1, 0.15) is 33.1 Å². The summed E-state index contributed by atoms with van der Waals surface area (Å²) in [4.78, 5) is 29.5. The lowest BCUT2D eigenvalue weighted by atomic mass is 10.2. The molecule has 0 spiro atoms. The molecule has 3 aromatic rings. The van der Waals surface area contributed by atoms with Crippen LogP contribution in [0.2, 0.25) is 0 Å². The number of rotatable bonds is 4. The van der Waals surface area contributed by atoms with Gasteiger partial charge in [0.25, 0.3) is 5.91 Å². The van der Waals surface area contributed by atoms with Gasteiger partial charge in [0.2, 0.25) is 5.91 Å². The molecule has 7 heteroatoms. The van der Waals surface area contributed by atoms with Crippen LogP contribution in [-0.2, 0) is 4.79 Å². The zero-order valence-electron chi connectivity index (χ0n) is 13.9. The minimum absolute atomic E-state index is 0.0548. The highest BCUT2D eigenvalue weighted by Crippen LogP contribution is 2.33. The number of nitrogens with one attached hydrogen (secondary N) is 2. The first-order valence-corrected chi connectivity index (χ1v) is 9.73. The molecule has 1 aromatic carbocycles. The van der Waals surface area contributed by atoms with Crippen LogP contribution in [0.5, 0.6) is 0 Å². The molecule has 2 aromatic heterocycles. The lowest BCUT2D eigenvalue weighted by Crippen LogP contribution is -2.12. The van der Waals surface area contributed by atoms with Crippen LogP contribution in [-0.4, -0.2) is 16.8 Å². The first kappa shape index (κ1) is 16.2. The van der Waals surface area contributed by atoms with Crippen LogP contribution in [0.4, 0.5) is 10.7 Å². The largest absolute Gasteiger partial charge is 0.321 e. The number of carbonyl (C=O) groups is 2. The maximum absolute atomic E-state index is 12.6. The highest BCUT2D eigenvalue weighted by Gasteiger charge is 2.30. The summed E-state index contributed by atoms with van der Waals surface area (Å²) in [5, 5.41) is 7.58. The fraction of sp³-hybridized carbons (Fsp3) is 0.278. The molecule has 0 unspecified atom stereocenters. The highest BCUT2D eigenvalue weighted by molar-refractivity contribution is 7.18. The van der Waals surface area contributed by atoms with E-state index in [1.165, 1.54) is 11.3 Å². The van der Waals surface area contributed by atoms with E-state index in [9.17, 15) is 9.59 Å². The number of fused-ring (bicyclic) bond motifs is 1. The lowest BCUT2D eigenvalue weighted by Gasteiger charge is -2.04. The van der Waals surface area contributed by atoms with E-state index >= 15 is 0 Å². The van der Waals surface area contributed by atoms with Crippen molar-refractivity contribution in [3.63, 3.8) is 0 Å². The Labute approximate surface area is 153 Å². The van der Waals surface area contributed by atoms with E-state index in [-0.39, 0.29) is 17.7 Å². The number of anilines is 2. The number of hydrogen-bond donors (Lipinski definition) is 2. The fourth-order valence-corrected chi connectivity index (χ4v) is 4.48. The van der Waals surface area contributed by atoms with E-state index in [4.69, 9.17) is 0 Å². The van der Waals surface area contributed by atoms with Gasteiger partial charge in [0.1, 0.15) is 0 Å². The number of benzene rings is 1. The van der Waals surface area contributed by atoms with Crippen LogP contribution in [0.25, 0.3) is 10.2 Å². The van der Waals surface area contributed by atoms with Gasteiger partial charge in [0.15, 0.2) is 0 Å². The zero-order valence-corrected chi connectivity index (χ0v) is 15.5. The number of aryl methyl sites for hydroxylation is 2. The normalized spacial score (nSPS) is 13.8. The van der Waals surface area contributed by atoms with E-state index < -0.39 is 0 Å². The Balaban J connectivity index is 1.51. The molecule has 1 aliphatic rings. The zero-order chi connectivity index (χ0) is 17.6. The predicted octanol–water partition coefficient (Wildman–Crippen LogP) is 4.58. The third kappa shape index (κ3) is 3.43. The van der Waals surface area contributed by atoms with E-state index in [1.807, 2.05) is 38.1 Å². The van der Waals surface area contributed by atoms with Crippen molar-refractivity contribution in [3.05, 3.63) is 39.7 Å². The number of nitrogens with zero attached hydrogens (tertiary/aromatic N) is 1. The predicted molar refractivity (Wildman–Crippen MR) is 103 cm³/mol. The molecule has 0 saturated heterocycles. The van der Waals surface area contributed by atoms with Crippen molar-refractivity contribution in [1.29, 1.82) is 0 Å². The fourth-order valence-electron chi connectivity index (χ4n) is 2.64. The summed E-state index contributed by atoms with van der Waals surface area (Å²) in [6.45, 7) is 3.85. The summed E-state index contributed by atoms with van der Waals surface area (Å²) in [5.41, 5.74) is 2.55.